The molecule has 0 nitrogen and oxygen atoms in total. The highest BCUT2D eigenvalue weighted by Crippen LogP contribution is 2.46. The molecule has 3 aromatic heterocycles. The van der Waals surface area contributed by atoms with E-state index in [4.69, 9.17) is 0 Å². The van der Waals surface area contributed by atoms with Crippen molar-refractivity contribution in [2.24, 2.45) is 0 Å². The molecular weight excluding hydrogens is 471 g/mol. The normalized spacial score (nSPS) is 14.0. The van der Waals surface area contributed by atoms with Gasteiger partial charge in [0, 0.05) is 34.2 Å². The first kappa shape index (κ1) is 16.3. The molecule has 0 amide bonds. The molecule has 0 aliphatic carbocycles. The van der Waals surface area contributed by atoms with E-state index in [2.05, 4.69) is 53.4 Å². The molecule has 0 saturated heterocycles. The summed E-state index contributed by atoms with van der Waals surface area (Å²) in [4.78, 5) is 9.99. The molecule has 0 bridgehead atoms. The fraction of sp³-hybridized carbons (Fsp3) is 0.167. The van der Waals surface area contributed by atoms with Crippen molar-refractivity contribution in [3.05, 3.63) is 52.2 Å². The molecule has 4 heterocycles. The molecule has 0 aromatic carbocycles. The molecule has 1 aliphatic heterocycles. The minimum Gasteiger partial charge on any atom is -0.139 e. The number of thiophene rings is 3. The second-order valence-electron chi connectivity index (χ2n) is 5.17. The highest BCUT2D eigenvalue weighted by atomic mass is 127. The van der Waals surface area contributed by atoms with Crippen LogP contribution in [0.5, 0.6) is 0 Å². The van der Waals surface area contributed by atoms with Gasteiger partial charge in [-0.15, -0.1) is 34.0 Å². The second kappa shape index (κ2) is 7.35. The summed E-state index contributed by atoms with van der Waals surface area (Å²) < 4.78 is 2.35. The Morgan fingerprint density at radius 2 is 1.39 bits per heavy atom. The summed E-state index contributed by atoms with van der Waals surface area (Å²) in [7, 11) is 2.04. The maximum Gasteiger partial charge on any atom is 0.0449 e. The van der Waals surface area contributed by atoms with Crippen LogP contribution in [0, 0.1) is 0 Å². The SMILES string of the molecule is CCCc1ccc(-c2ccc(-c3ccc(C4=CC=IS4)s3)s2)s1. The smallest absolute Gasteiger partial charge is 0.0449 e. The van der Waals surface area contributed by atoms with Crippen molar-refractivity contribution in [1.82, 2.24) is 0 Å². The maximum absolute atomic E-state index is 2.35. The Labute approximate surface area is 161 Å². The Balaban J connectivity index is 1.57. The lowest BCUT2D eigenvalue weighted by Gasteiger charge is -1.94. The predicted octanol–water partition coefficient (Wildman–Crippen LogP) is 7.93. The van der Waals surface area contributed by atoms with E-state index in [-0.39, 0.29) is 19.3 Å². The lowest BCUT2D eigenvalue weighted by molar-refractivity contribution is 0.940. The molecule has 0 atom stereocenters. The molecular formula is C18H15IS4. The summed E-state index contributed by atoms with van der Waals surface area (Å²) in [6.45, 7) is 2.24. The van der Waals surface area contributed by atoms with Gasteiger partial charge in [-0.2, -0.15) is 0 Å². The third-order valence-corrected chi connectivity index (χ3v) is 11.5. The van der Waals surface area contributed by atoms with Gasteiger partial charge in [-0.1, -0.05) is 22.3 Å². The molecule has 1 aliphatic rings. The Morgan fingerprint density at radius 1 is 0.783 bits per heavy atom. The summed E-state index contributed by atoms with van der Waals surface area (Å²) in [5.74, 6) is 0. The molecule has 0 N–H and O–H groups in total. The van der Waals surface area contributed by atoms with E-state index in [9.17, 15) is 0 Å². The van der Waals surface area contributed by atoms with Crippen LogP contribution in [0.1, 0.15) is 23.1 Å². The zero-order chi connectivity index (χ0) is 15.6. The standard InChI is InChI=1S/C18H15IS4/c1-2-3-12-4-5-13(20-12)14-6-7-15(21-14)16-8-9-17(22-16)18-10-11-19-23-18/h4-11H,2-3H2,1H3. The molecule has 3 aromatic rings. The molecule has 23 heavy (non-hydrogen) atoms. The van der Waals surface area contributed by atoms with E-state index in [1.165, 1.54) is 47.0 Å². The average Bonchev–Trinajstić information content (AvgIpc) is 3.31. The van der Waals surface area contributed by atoms with Gasteiger partial charge < -0.3 is 0 Å². The van der Waals surface area contributed by atoms with E-state index in [1.54, 1.807) is 0 Å². The zero-order valence-corrected chi connectivity index (χ0v) is 18.0. The number of halogens is 1. The average molecular weight is 486 g/mol. The van der Waals surface area contributed by atoms with Crippen LogP contribution in [0.25, 0.3) is 24.4 Å². The maximum atomic E-state index is 2.35. The van der Waals surface area contributed by atoms with E-state index in [0.29, 0.717) is 0 Å². The van der Waals surface area contributed by atoms with Crippen LogP contribution in [0.15, 0.2) is 42.5 Å². The minimum atomic E-state index is 0.212. The summed E-state index contributed by atoms with van der Waals surface area (Å²) in [5, 5.41) is 0. The zero-order valence-electron chi connectivity index (χ0n) is 12.5. The van der Waals surface area contributed by atoms with E-state index >= 15 is 0 Å². The Kier molecular flexibility index (Phi) is 5.20. The Bertz CT molecular complexity index is 878. The third kappa shape index (κ3) is 3.58. The summed E-state index contributed by atoms with van der Waals surface area (Å²) >= 11 is 6.01. The van der Waals surface area contributed by atoms with Crippen LogP contribution in [0.2, 0.25) is 0 Å². The molecule has 0 radical (unpaired) electrons. The molecule has 0 unspecified atom stereocenters. The lowest BCUT2D eigenvalue weighted by atomic mass is 10.3. The first-order valence-corrected chi connectivity index (χ1v) is 14.5. The van der Waals surface area contributed by atoms with Gasteiger partial charge in [-0.3, -0.25) is 0 Å². The van der Waals surface area contributed by atoms with Gasteiger partial charge in [0.25, 0.3) is 0 Å². The van der Waals surface area contributed by atoms with Gasteiger partial charge in [-0.05, 0) is 72.3 Å². The van der Waals surface area contributed by atoms with Gasteiger partial charge in [0.05, 0.1) is 0 Å². The number of hydrogen-bond acceptors (Lipinski definition) is 4. The monoisotopic (exact) mass is 486 g/mol. The van der Waals surface area contributed by atoms with Crippen LogP contribution in [-0.4, -0.2) is 4.01 Å². The fourth-order valence-corrected chi connectivity index (χ4v) is 10.2. The van der Waals surface area contributed by atoms with Crippen molar-refractivity contribution < 1.29 is 0 Å². The van der Waals surface area contributed by atoms with Crippen molar-refractivity contribution in [3.63, 3.8) is 0 Å². The largest absolute Gasteiger partial charge is 0.139 e. The van der Waals surface area contributed by atoms with Gasteiger partial charge >= 0.3 is 0 Å². The van der Waals surface area contributed by atoms with E-state index < -0.39 is 0 Å². The predicted molar refractivity (Wildman–Crippen MR) is 121 cm³/mol. The summed E-state index contributed by atoms with van der Waals surface area (Å²) in [6.07, 6.45) is 4.72. The highest BCUT2D eigenvalue weighted by Gasteiger charge is 2.12. The van der Waals surface area contributed by atoms with Gasteiger partial charge in [0.1, 0.15) is 0 Å². The molecule has 0 fully saturated rings. The quantitative estimate of drug-likeness (QED) is 0.330. The first-order valence-electron chi connectivity index (χ1n) is 7.47. The van der Waals surface area contributed by atoms with Crippen molar-refractivity contribution >= 4 is 71.2 Å². The topological polar surface area (TPSA) is 0 Å². The molecule has 0 saturated carbocycles. The van der Waals surface area contributed by atoms with Crippen LogP contribution >= 0.6 is 62.3 Å². The number of allylic oxidation sites excluding steroid dienone is 1. The molecule has 0 spiro atoms. The van der Waals surface area contributed by atoms with Crippen molar-refractivity contribution in [2.75, 3.05) is 0 Å². The highest BCUT2D eigenvalue weighted by molar-refractivity contribution is 14.2. The first-order chi connectivity index (χ1) is 11.3. The van der Waals surface area contributed by atoms with Crippen LogP contribution in [-0.2, 0) is 6.42 Å². The fourth-order valence-electron chi connectivity index (χ4n) is 2.40. The molecule has 4 rings (SSSR count). The summed E-state index contributed by atoms with van der Waals surface area (Å²) in [6, 6.07) is 13.7. The van der Waals surface area contributed by atoms with Crippen molar-refractivity contribution in [1.29, 1.82) is 0 Å². The van der Waals surface area contributed by atoms with Gasteiger partial charge in [-0.25, -0.2) is 0 Å². The second-order valence-corrected chi connectivity index (χ2v) is 12.8. The van der Waals surface area contributed by atoms with Crippen LogP contribution in [0.3, 0.4) is 0 Å². The van der Waals surface area contributed by atoms with Gasteiger partial charge in [0.2, 0.25) is 0 Å². The van der Waals surface area contributed by atoms with E-state index in [1.807, 2.05) is 42.9 Å². The summed E-state index contributed by atoms with van der Waals surface area (Å²) in [5.41, 5.74) is 0. The molecule has 5 heteroatoms. The Morgan fingerprint density at radius 3 is 2.04 bits per heavy atom. The van der Waals surface area contributed by atoms with Crippen LogP contribution < -0.4 is 0 Å². The van der Waals surface area contributed by atoms with Crippen molar-refractivity contribution in [2.45, 2.75) is 19.8 Å². The number of aryl methyl sites for hydroxylation is 1. The third-order valence-electron chi connectivity index (χ3n) is 3.49. The van der Waals surface area contributed by atoms with Crippen molar-refractivity contribution in [3.8, 4) is 19.5 Å². The lowest BCUT2D eigenvalue weighted by Crippen LogP contribution is -1.71. The Hall–Kier alpha value is -0.210. The van der Waals surface area contributed by atoms with Gasteiger partial charge in [0.15, 0.2) is 0 Å². The number of rotatable bonds is 5. The minimum absolute atomic E-state index is 0.212. The van der Waals surface area contributed by atoms with E-state index in [0.717, 1.165) is 0 Å². The number of hydrogen-bond donors (Lipinski definition) is 0. The van der Waals surface area contributed by atoms with Crippen LogP contribution in [0.4, 0.5) is 0 Å². The molecule has 118 valence electrons.